The van der Waals surface area contributed by atoms with Gasteiger partial charge in [-0.2, -0.15) is 23.3 Å². The average molecular weight is 527 g/mol. The van der Waals surface area contributed by atoms with E-state index in [0.29, 0.717) is 23.5 Å². The molecular weight excluding hydrogens is 501 g/mol. The predicted molar refractivity (Wildman–Crippen MR) is 134 cm³/mol. The monoisotopic (exact) mass is 526 g/mol. The minimum Gasteiger partial charge on any atom is -0.483 e. The van der Waals surface area contributed by atoms with Gasteiger partial charge in [0.25, 0.3) is 5.91 Å². The minimum absolute atomic E-state index is 0.135. The van der Waals surface area contributed by atoms with Gasteiger partial charge in [-0.15, -0.1) is 0 Å². The number of esters is 1. The Labute approximate surface area is 217 Å². The highest BCUT2D eigenvalue weighted by molar-refractivity contribution is 5.96. The third-order valence-corrected chi connectivity index (χ3v) is 5.53. The van der Waals surface area contributed by atoms with E-state index in [9.17, 15) is 22.8 Å². The third-order valence-electron chi connectivity index (χ3n) is 5.53. The molecule has 198 valence electrons. The molecule has 1 aliphatic rings. The van der Waals surface area contributed by atoms with E-state index in [1.807, 2.05) is 19.9 Å². The average Bonchev–Trinajstić information content (AvgIpc) is 3.21. The summed E-state index contributed by atoms with van der Waals surface area (Å²) in [4.78, 5) is 25.2. The first-order valence-corrected chi connectivity index (χ1v) is 11.7. The molecule has 3 aromatic rings. The van der Waals surface area contributed by atoms with E-state index in [1.165, 1.54) is 12.3 Å². The number of anilines is 1. The number of fused-ring (bicyclic) bond motifs is 1. The van der Waals surface area contributed by atoms with Gasteiger partial charge in [0.05, 0.1) is 17.5 Å². The quantitative estimate of drug-likeness (QED) is 0.223. The van der Waals surface area contributed by atoms with Crippen LogP contribution in [0.2, 0.25) is 0 Å². The van der Waals surface area contributed by atoms with Crippen LogP contribution in [0.3, 0.4) is 0 Å². The van der Waals surface area contributed by atoms with E-state index in [-0.39, 0.29) is 5.69 Å². The van der Waals surface area contributed by atoms with Gasteiger partial charge >= 0.3 is 12.1 Å². The molecule has 1 aliphatic heterocycles. The first-order chi connectivity index (χ1) is 18.0. The molecule has 10 heteroatoms. The Hall–Kier alpha value is -4.34. The summed E-state index contributed by atoms with van der Waals surface area (Å²) in [5.41, 5.74) is 0.0762. The maximum atomic E-state index is 13.3. The van der Waals surface area contributed by atoms with E-state index >= 15 is 0 Å². The van der Waals surface area contributed by atoms with Crippen molar-refractivity contribution in [1.82, 2.24) is 0 Å². The molecule has 3 aromatic carbocycles. The van der Waals surface area contributed by atoms with E-state index in [0.717, 1.165) is 28.8 Å². The Morgan fingerprint density at radius 1 is 1.03 bits per heavy atom. The van der Waals surface area contributed by atoms with E-state index < -0.39 is 42.4 Å². The number of hydrogen-bond acceptors (Lipinski definition) is 6. The number of nitrogens with zero attached hydrogens (tertiary/aromatic N) is 2. The Morgan fingerprint density at radius 2 is 1.76 bits per heavy atom. The molecular formula is C28H25F3N2O5. The van der Waals surface area contributed by atoms with Gasteiger partial charge in [0.1, 0.15) is 5.60 Å². The number of halogens is 3. The fraction of sp³-hybridized carbons (Fsp3) is 0.250. The smallest absolute Gasteiger partial charge is 0.416 e. The zero-order valence-electron chi connectivity index (χ0n) is 20.7. The van der Waals surface area contributed by atoms with Crippen molar-refractivity contribution in [2.24, 2.45) is 5.10 Å². The number of amides is 1. The van der Waals surface area contributed by atoms with Crippen molar-refractivity contribution >= 4 is 23.8 Å². The second-order valence-corrected chi connectivity index (χ2v) is 9.14. The van der Waals surface area contributed by atoms with E-state index in [2.05, 4.69) is 5.10 Å². The van der Waals surface area contributed by atoms with Gasteiger partial charge in [0.15, 0.2) is 24.7 Å². The number of benzene rings is 3. The number of alkyl halides is 3. The standard InChI is InChI=1S/C28H25F3N2O5/c1-27(2)15-20-10-6-13-23(26(20)38-27)36-18-25(35)37-17-24(34)33(32-16-19-8-4-3-5-9-19)22-12-7-11-21(14-22)28(29,30)31/h3-14,16H,15,17-18H2,1-2H3/b32-16-. The fourth-order valence-electron chi connectivity index (χ4n) is 3.84. The molecule has 1 heterocycles. The SMILES string of the molecule is CC1(C)Cc2cccc(OCC(=O)OCC(=O)N(/N=C\c3ccccc3)c3cccc(C(F)(F)F)c3)c2O1. The normalized spacial score (nSPS) is 14.0. The van der Waals surface area contributed by atoms with Crippen molar-refractivity contribution in [3.8, 4) is 11.5 Å². The summed E-state index contributed by atoms with van der Waals surface area (Å²) in [6.45, 7) is 2.62. The summed E-state index contributed by atoms with van der Waals surface area (Å²) in [7, 11) is 0. The van der Waals surface area contributed by atoms with Crippen LogP contribution in [0.4, 0.5) is 18.9 Å². The molecule has 7 nitrogen and oxygen atoms in total. The van der Waals surface area contributed by atoms with Crippen molar-refractivity contribution < 1.29 is 37.0 Å². The maximum Gasteiger partial charge on any atom is 0.416 e. The Morgan fingerprint density at radius 3 is 2.50 bits per heavy atom. The molecule has 0 spiro atoms. The number of carbonyl (C=O) groups excluding carboxylic acids is 2. The lowest BCUT2D eigenvalue weighted by Gasteiger charge is -2.19. The molecule has 0 aliphatic carbocycles. The molecule has 0 unspecified atom stereocenters. The molecule has 1 amide bonds. The zero-order chi connectivity index (χ0) is 27.3. The predicted octanol–water partition coefficient (Wildman–Crippen LogP) is 5.41. The van der Waals surface area contributed by atoms with Crippen LogP contribution in [0.1, 0.15) is 30.5 Å². The molecule has 4 rings (SSSR count). The molecule has 0 atom stereocenters. The Bertz CT molecular complexity index is 1340. The number of rotatable bonds is 8. The van der Waals surface area contributed by atoms with Crippen LogP contribution in [-0.4, -0.2) is 36.9 Å². The summed E-state index contributed by atoms with van der Waals surface area (Å²) in [6, 6.07) is 18.2. The number of hydrogen-bond donors (Lipinski definition) is 0. The third kappa shape index (κ3) is 6.70. The first-order valence-electron chi connectivity index (χ1n) is 11.7. The fourth-order valence-corrected chi connectivity index (χ4v) is 3.84. The van der Waals surface area contributed by atoms with Gasteiger partial charge in [-0.05, 0) is 43.7 Å². The molecule has 0 saturated heterocycles. The van der Waals surface area contributed by atoms with Gasteiger partial charge < -0.3 is 14.2 Å². The van der Waals surface area contributed by atoms with Gasteiger partial charge in [0.2, 0.25) is 0 Å². The van der Waals surface area contributed by atoms with E-state index in [4.69, 9.17) is 14.2 Å². The summed E-state index contributed by atoms with van der Waals surface area (Å²) >= 11 is 0. The van der Waals surface area contributed by atoms with Crippen LogP contribution in [0.25, 0.3) is 0 Å². The van der Waals surface area contributed by atoms with Crippen molar-refractivity contribution in [3.63, 3.8) is 0 Å². The van der Waals surface area contributed by atoms with E-state index in [1.54, 1.807) is 42.5 Å². The highest BCUT2D eigenvalue weighted by atomic mass is 19.4. The lowest BCUT2D eigenvalue weighted by molar-refractivity contribution is -0.149. The molecule has 0 fully saturated rings. The largest absolute Gasteiger partial charge is 0.483 e. The van der Waals surface area contributed by atoms with Gasteiger partial charge in [-0.3, -0.25) is 4.79 Å². The van der Waals surface area contributed by atoms with Crippen molar-refractivity contribution in [3.05, 3.63) is 89.5 Å². The molecule has 38 heavy (non-hydrogen) atoms. The second kappa shape index (κ2) is 11.0. The lowest BCUT2D eigenvalue weighted by atomic mass is 10.0. The van der Waals surface area contributed by atoms with Gasteiger partial charge in [-0.25, -0.2) is 4.79 Å². The van der Waals surface area contributed by atoms with Crippen LogP contribution in [-0.2, 0) is 26.9 Å². The van der Waals surface area contributed by atoms with Crippen LogP contribution in [0.5, 0.6) is 11.5 Å². The molecule has 0 N–H and O–H groups in total. The van der Waals surface area contributed by atoms with Gasteiger partial charge in [-0.1, -0.05) is 48.5 Å². The maximum absolute atomic E-state index is 13.3. The topological polar surface area (TPSA) is 77.4 Å². The van der Waals surface area contributed by atoms with Crippen LogP contribution in [0.15, 0.2) is 77.9 Å². The summed E-state index contributed by atoms with van der Waals surface area (Å²) < 4.78 is 56.3. The van der Waals surface area contributed by atoms with Crippen LogP contribution < -0.4 is 14.5 Å². The molecule has 0 bridgehead atoms. The Balaban J connectivity index is 1.43. The lowest BCUT2D eigenvalue weighted by Crippen LogP contribution is -2.31. The second-order valence-electron chi connectivity index (χ2n) is 9.14. The molecule has 0 aromatic heterocycles. The number of hydrazone groups is 1. The zero-order valence-corrected chi connectivity index (χ0v) is 20.7. The number of ether oxygens (including phenoxy) is 3. The number of para-hydroxylation sites is 1. The summed E-state index contributed by atoms with van der Waals surface area (Å²) in [5, 5.41) is 4.82. The van der Waals surface area contributed by atoms with Crippen molar-refractivity contribution in [1.29, 1.82) is 0 Å². The summed E-state index contributed by atoms with van der Waals surface area (Å²) in [5.74, 6) is -0.776. The highest BCUT2D eigenvalue weighted by Crippen LogP contribution is 2.41. The van der Waals surface area contributed by atoms with Crippen molar-refractivity contribution in [2.75, 3.05) is 18.2 Å². The Kier molecular flexibility index (Phi) is 7.70. The first kappa shape index (κ1) is 26.7. The number of carbonyl (C=O) groups is 2. The summed E-state index contributed by atoms with van der Waals surface area (Å²) in [6.07, 6.45) is -2.61. The van der Waals surface area contributed by atoms with Crippen LogP contribution >= 0.6 is 0 Å². The van der Waals surface area contributed by atoms with Crippen LogP contribution in [0, 0.1) is 0 Å². The highest BCUT2D eigenvalue weighted by Gasteiger charge is 2.33. The molecule has 0 radical (unpaired) electrons. The molecule has 0 saturated carbocycles. The van der Waals surface area contributed by atoms with Gasteiger partial charge in [0, 0.05) is 12.0 Å². The van der Waals surface area contributed by atoms with Crippen molar-refractivity contribution in [2.45, 2.75) is 32.0 Å². The minimum atomic E-state index is -4.62.